The number of aromatic nitrogens is 1. The number of nitrogens with one attached hydrogen (secondary N) is 1. The van der Waals surface area contributed by atoms with E-state index in [9.17, 15) is 18.0 Å². The Kier molecular flexibility index (Phi) is 3.97. The van der Waals surface area contributed by atoms with E-state index in [0.29, 0.717) is 5.56 Å². The van der Waals surface area contributed by atoms with Crippen molar-refractivity contribution in [3.63, 3.8) is 0 Å². The molecule has 0 saturated carbocycles. The Labute approximate surface area is 136 Å². The van der Waals surface area contributed by atoms with Crippen LogP contribution in [0.5, 0.6) is 0 Å². The maximum atomic E-state index is 13.1. The standard InChI is InChI=1S/C18H13F3N2O/c1-11-4-2-5-12(10-11)17(24)23-15-8-9-22-16-13(15)6-3-7-14(16)18(19,20)21/h2-10H,1H3,(H,22,23,24). The molecule has 0 atom stereocenters. The van der Waals surface area contributed by atoms with Crippen molar-refractivity contribution in [2.24, 2.45) is 0 Å². The predicted octanol–water partition coefficient (Wildman–Crippen LogP) is 4.81. The van der Waals surface area contributed by atoms with Crippen LogP contribution in [0.2, 0.25) is 0 Å². The van der Waals surface area contributed by atoms with Gasteiger partial charge in [-0.2, -0.15) is 13.2 Å². The topological polar surface area (TPSA) is 42.0 Å². The molecule has 0 saturated heterocycles. The molecule has 1 aromatic heterocycles. The molecule has 0 radical (unpaired) electrons. The van der Waals surface area contributed by atoms with Crippen LogP contribution in [0, 0.1) is 6.92 Å². The summed E-state index contributed by atoms with van der Waals surface area (Å²) in [6, 6.07) is 12.2. The van der Waals surface area contributed by atoms with Gasteiger partial charge in [0.25, 0.3) is 5.91 Å². The van der Waals surface area contributed by atoms with Gasteiger partial charge in [-0.3, -0.25) is 9.78 Å². The van der Waals surface area contributed by atoms with Crippen molar-refractivity contribution in [3.05, 3.63) is 71.4 Å². The molecular formula is C18H13F3N2O. The first-order valence-corrected chi connectivity index (χ1v) is 7.19. The number of benzene rings is 2. The van der Waals surface area contributed by atoms with E-state index in [-0.39, 0.29) is 22.5 Å². The monoisotopic (exact) mass is 330 g/mol. The second-order valence-electron chi connectivity index (χ2n) is 5.38. The minimum atomic E-state index is -4.51. The first-order chi connectivity index (χ1) is 11.4. The number of para-hydroxylation sites is 1. The van der Waals surface area contributed by atoms with E-state index < -0.39 is 11.7 Å². The minimum absolute atomic E-state index is 0.188. The third-order valence-electron chi connectivity index (χ3n) is 3.60. The number of aryl methyl sites for hydroxylation is 1. The van der Waals surface area contributed by atoms with E-state index in [4.69, 9.17) is 0 Å². The molecule has 3 nitrogen and oxygen atoms in total. The number of carbonyl (C=O) groups is 1. The molecule has 6 heteroatoms. The van der Waals surface area contributed by atoms with E-state index in [2.05, 4.69) is 10.3 Å². The Balaban J connectivity index is 2.03. The Morgan fingerprint density at radius 2 is 1.83 bits per heavy atom. The number of carbonyl (C=O) groups excluding carboxylic acids is 1. The first kappa shape index (κ1) is 16.0. The largest absolute Gasteiger partial charge is 0.418 e. The third kappa shape index (κ3) is 3.08. The Morgan fingerprint density at radius 3 is 2.54 bits per heavy atom. The zero-order valence-electron chi connectivity index (χ0n) is 12.7. The van der Waals surface area contributed by atoms with Crippen molar-refractivity contribution in [1.29, 1.82) is 0 Å². The maximum Gasteiger partial charge on any atom is 0.418 e. The highest BCUT2D eigenvalue weighted by Gasteiger charge is 2.33. The second kappa shape index (κ2) is 5.96. The first-order valence-electron chi connectivity index (χ1n) is 7.19. The highest BCUT2D eigenvalue weighted by atomic mass is 19.4. The molecule has 0 unspecified atom stereocenters. The lowest BCUT2D eigenvalue weighted by Crippen LogP contribution is -2.13. The van der Waals surface area contributed by atoms with Gasteiger partial charge < -0.3 is 5.32 Å². The average molecular weight is 330 g/mol. The smallest absolute Gasteiger partial charge is 0.321 e. The van der Waals surface area contributed by atoms with E-state index >= 15 is 0 Å². The number of fused-ring (bicyclic) bond motifs is 1. The molecule has 1 amide bonds. The normalized spacial score (nSPS) is 11.5. The van der Waals surface area contributed by atoms with Crippen LogP contribution < -0.4 is 5.32 Å². The van der Waals surface area contributed by atoms with E-state index in [0.717, 1.165) is 11.6 Å². The molecule has 0 bridgehead atoms. The molecule has 3 aromatic rings. The number of amides is 1. The highest BCUT2D eigenvalue weighted by molar-refractivity contribution is 6.09. The van der Waals surface area contributed by atoms with Gasteiger partial charge in [0.15, 0.2) is 0 Å². The summed E-state index contributed by atoms with van der Waals surface area (Å²) in [4.78, 5) is 16.2. The maximum absolute atomic E-state index is 13.1. The molecular weight excluding hydrogens is 317 g/mol. The summed E-state index contributed by atoms with van der Waals surface area (Å²) in [5.74, 6) is -0.386. The van der Waals surface area contributed by atoms with Crippen LogP contribution in [-0.4, -0.2) is 10.9 Å². The Bertz CT molecular complexity index is 920. The van der Waals surface area contributed by atoms with Crippen LogP contribution in [0.4, 0.5) is 18.9 Å². The van der Waals surface area contributed by atoms with E-state index in [1.807, 2.05) is 13.0 Å². The van der Waals surface area contributed by atoms with Crippen molar-refractivity contribution in [2.75, 3.05) is 5.32 Å². The highest BCUT2D eigenvalue weighted by Crippen LogP contribution is 2.35. The van der Waals surface area contributed by atoms with Gasteiger partial charge in [0, 0.05) is 17.1 Å². The van der Waals surface area contributed by atoms with Gasteiger partial charge in [-0.15, -0.1) is 0 Å². The van der Waals surface area contributed by atoms with E-state index in [1.54, 1.807) is 18.2 Å². The quantitative estimate of drug-likeness (QED) is 0.732. The van der Waals surface area contributed by atoms with Crippen LogP contribution in [0.15, 0.2) is 54.7 Å². The summed E-state index contributed by atoms with van der Waals surface area (Å²) < 4.78 is 39.3. The molecule has 2 aromatic carbocycles. The van der Waals surface area contributed by atoms with Gasteiger partial charge in [-0.1, -0.05) is 29.8 Å². The van der Waals surface area contributed by atoms with Crippen molar-refractivity contribution in [3.8, 4) is 0 Å². The van der Waals surface area contributed by atoms with Crippen molar-refractivity contribution >= 4 is 22.5 Å². The minimum Gasteiger partial charge on any atom is -0.321 e. The lowest BCUT2D eigenvalue weighted by Gasteiger charge is -2.13. The second-order valence-corrected chi connectivity index (χ2v) is 5.38. The summed E-state index contributed by atoms with van der Waals surface area (Å²) in [7, 11) is 0. The Morgan fingerprint density at radius 1 is 1.08 bits per heavy atom. The molecule has 122 valence electrons. The van der Waals surface area contributed by atoms with Crippen LogP contribution in [0.1, 0.15) is 21.5 Å². The fourth-order valence-corrected chi connectivity index (χ4v) is 2.49. The van der Waals surface area contributed by atoms with Crippen LogP contribution >= 0.6 is 0 Å². The fourth-order valence-electron chi connectivity index (χ4n) is 2.49. The molecule has 0 aliphatic rings. The van der Waals surface area contributed by atoms with Gasteiger partial charge in [0.1, 0.15) is 0 Å². The van der Waals surface area contributed by atoms with Crippen LogP contribution in [-0.2, 0) is 6.18 Å². The van der Waals surface area contributed by atoms with E-state index in [1.165, 1.54) is 24.4 Å². The van der Waals surface area contributed by atoms with Gasteiger partial charge in [-0.05, 0) is 31.2 Å². The van der Waals surface area contributed by atoms with Crippen molar-refractivity contribution in [2.45, 2.75) is 13.1 Å². The van der Waals surface area contributed by atoms with Gasteiger partial charge in [-0.25, -0.2) is 0 Å². The molecule has 1 heterocycles. The summed E-state index contributed by atoms with van der Waals surface area (Å²) in [6.45, 7) is 1.86. The molecule has 1 N–H and O–H groups in total. The lowest BCUT2D eigenvalue weighted by molar-refractivity contribution is -0.136. The zero-order valence-corrected chi connectivity index (χ0v) is 12.7. The van der Waals surface area contributed by atoms with Crippen LogP contribution in [0.3, 0.4) is 0 Å². The number of anilines is 1. The zero-order chi connectivity index (χ0) is 17.3. The predicted molar refractivity (Wildman–Crippen MR) is 85.9 cm³/mol. The summed E-state index contributed by atoms with van der Waals surface area (Å²) in [5, 5.41) is 2.90. The van der Waals surface area contributed by atoms with Gasteiger partial charge in [0.2, 0.25) is 0 Å². The number of nitrogens with zero attached hydrogens (tertiary/aromatic N) is 1. The molecule has 0 fully saturated rings. The van der Waals surface area contributed by atoms with Crippen LogP contribution in [0.25, 0.3) is 10.9 Å². The van der Waals surface area contributed by atoms with Gasteiger partial charge >= 0.3 is 6.18 Å². The number of hydrogen-bond donors (Lipinski definition) is 1. The van der Waals surface area contributed by atoms with Gasteiger partial charge in [0.05, 0.1) is 16.8 Å². The molecule has 0 aliphatic carbocycles. The molecule has 3 rings (SSSR count). The fraction of sp³-hybridized carbons (Fsp3) is 0.111. The molecule has 24 heavy (non-hydrogen) atoms. The Hall–Kier alpha value is -2.89. The number of hydrogen-bond acceptors (Lipinski definition) is 2. The number of pyridine rings is 1. The number of alkyl halides is 3. The number of halogens is 3. The molecule has 0 spiro atoms. The summed E-state index contributed by atoms with van der Waals surface area (Å²) >= 11 is 0. The average Bonchev–Trinajstić information content (AvgIpc) is 2.53. The van der Waals surface area contributed by atoms with Crippen molar-refractivity contribution in [1.82, 2.24) is 4.98 Å². The third-order valence-corrected chi connectivity index (χ3v) is 3.60. The molecule has 0 aliphatic heterocycles. The lowest BCUT2D eigenvalue weighted by atomic mass is 10.1. The summed E-state index contributed by atoms with van der Waals surface area (Å²) in [6.07, 6.45) is -3.25. The van der Waals surface area contributed by atoms with Crippen molar-refractivity contribution < 1.29 is 18.0 Å². The number of rotatable bonds is 2. The SMILES string of the molecule is Cc1cccc(C(=O)Nc2ccnc3c(C(F)(F)F)cccc23)c1. The summed E-state index contributed by atoms with van der Waals surface area (Å²) in [5.41, 5.74) is 0.629.